The highest BCUT2D eigenvalue weighted by Gasteiger charge is 2.27. The molecule has 4 aromatic rings. The van der Waals surface area contributed by atoms with Gasteiger partial charge in [-0.15, -0.1) is 11.3 Å². The zero-order chi connectivity index (χ0) is 25.3. The van der Waals surface area contributed by atoms with Gasteiger partial charge in [-0.2, -0.15) is 4.31 Å². The number of nitrogens with one attached hydrogen (secondary N) is 1. The third-order valence-corrected chi connectivity index (χ3v) is 9.36. The Balaban J connectivity index is 1.33. The lowest BCUT2D eigenvalue weighted by atomic mass is 9.94. The van der Waals surface area contributed by atoms with Gasteiger partial charge in [0, 0.05) is 28.6 Å². The molecule has 0 fully saturated rings. The summed E-state index contributed by atoms with van der Waals surface area (Å²) in [5.74, 6) is -0.316. The smallest absolute Gasteiger partial charge is 0.257 e. The maximum atomic E-state index is 13.4. The van der Waals surface area contributed by atoms with E-state index in [1.807, 2.05) is 56.3 Å². The summed E-state index contributed by atoms with van der Waals surface area (Å²) in [4.78, 5) is 18.9. The van der Waals surface area contributed by atoms with Gasteiger partial charge in [0.05, 0.1) is 10.6 Å². The SMILES string of the molecule is CC(C)N(Cc1ccccc1)S(=O)(=O)c1ccc(C(=O)Nc2nc3c(s2)CCc2ccccc2-3)cc1. The Morgan fingerprint density at radius 3 is 2.39 bits per heavy atom. The van der Waals surface area contributed by atoms with Crippen molar-refractivity contribution in [3.8, 4) is 11.3 Å². The average Bonchev–Trinajstić information content (AvgIpc) is 3.30. The Hall–Kier alpha value is -3.33. The monoisotopic (exact) mass is 517 g/mol. The van der Waals surface area contributed by atoms with E-state index in [1.54, 1.807) is 12.1 Å². The molecule has 0 unspecified atom stereocenters. The molecule has 1 N–H and O–H groups in total. The van der Waals surface area contributed by atoms with Crippen molar-refractivity contribution in [2.75, 3.05) is 5.32 Å². The van der Waals surface area contributed by atoms with Crippen molar-refractivity contribution in [2.24, 2.45) is 0 Å². The molecule has 1 aliphatic carbocycles. The second-order valence-electron chi connectivity index (χ2n) is 9.06. The van der Waals surface area contributed by atoms with Crippen molar-refractivity contribution < 1.29 is 13.2 Å². The summed E-state index contributed by atoms with van der Waals surface area (Å²) in [6.07, 6.45) is 1.87. The van der Waals surface area contributed by atoms with Crippen LogP contribution in [0.5, 0.6) is 0 Å². The number of hydrogen-bond donors (Lipinski definition) is 1. The number of nitrogens with zero attached hydrogens (tertiary/aromatic N) is 2. The molecule has 184 valence electrons. The number of hydrogen-bond acceptors (Lipinski definition) is 5. The van der Waals surface area contributed by atoms with Crippen LogP contribution in [0.25, 0.3) is 11.3 Å². The molecule has 1 heterocycles. The van der Waals surface area contributed by atoms with Crippen molar-refractivity contribution in [1.82, 2.24) is 9.29 Å². The van der Waals surface area contributed by atoms with Gasteiger partial charge in [-0.05, 0) is 62.1 Å². The molecule has 1 amide bonds. The number of carbonyl (C=O) groups is 1. The summed E-state index contributed by atoms with van der Waals surface area (Å²) in [6.45, 7) is 3.99. The van der Waals surface area contributed by atoms with Crippen LogP contribution in [0.3, 0.4) is 0 Å². The molecule has 6 nitrogen and oxygen atoms in total. The van der Waals surface area contributed by atoms with Gasteiger partial charge in [-0.1, -0.05) is 54.6 Å². The maximum absolute atomic E-state index is 13.4. The van der Waals surface area contributed by atoms with Gasteiger partial charge >= 0.3 is 0 Å². The van der Waals surface area contributed by atoms with Crippen molar-refractivity contribution in [1.29, 1.82) is 0 Å². The van der Waals surface area contributed by atoms with E-state index in [-0.39, 0.29) is 23.4 Å². The van der Waals surface area contributed by atoms with Crippen molar-refractivity contribution in [3.05, 3.63) is 100 Å². The Morgan fingerprint density at radius 1 is 0.972 bits per heavy atom. The van der Waals surface area contributed by atoms with Crippen LogP contribution < -0.4 is 5.32 Å². The normalized spacial score (nSPS) is 12.9. The summed E-state index contributed by atoms with van der Waals surface area (Å²) >= 11 is 1.49. The van der Waals surface area contributed by atoms with Gasteiger partial charge in [0.1, 0.15) is 0 Å². The molecule has 0 saturated carbocycles. The number of rotatable bonds is 7. The minimum absolute atomic E-state index is 0.157. The average molecular weight is 518 g/mol. The summed E-state index contributed by atoms with van der Waals surface area (Å²) in [7, 11) is -3.74. The quantitative estimate of drug-likeness (QED) is 0.338. The summed E-state index contributed by atoms with van der Waals surface area (Å²) < 4.78 is 28.2. The number of carbonyl (C=O) groups excluding carboxylic acids is 1. The highest BCUT2D eigenvalue weighted by Crippen LogP contribution is 2.38. The largest absolute Gasteiger partial charge is 0.298 e. The van der Waals surface area contributed by atoms with Gasteiger partial charge in [-0.25, -0.2) is 13.4 Å². The number of aryl methyl sites for hydroxylation is 2. The number of amides is 1. The van der Waals surface area contributed by atoms with E-state index in [0.717, 1.165) is 34.5 Å². The van der Waals surface area contributed by atoms with Crippen LogP contribution in [0, 0.1) is 0 Å². The zero-order valence-corrected chi connectivity index (χ0v) is 21.8. The Bertz CT molecular complexity index is 1490. The molecule has 36 heavy (non-hydrogen) atoms. The second-order valence-corrected chi connectivity index (χ2v) is 12.0. The Morgan fingerprint density at radius 2 is 1.67 bits per heavy atom. The fourth-order valence-corrected chi connectivity index (χ4v) is 6.99. The number of anilines is 1. The fourth-order valence-electron chi connectivity index (χ4n) is 4.39. The number of fused-ring (bicyclic) bond motifs is 3. The minimum Gasteiger partial charge on any atom is -0.298 e. The minimum atomic E-state index is -3.74. The number of benzene rings is 3. The predicted octanol–water partition coefficient (Wildman–Crippen LogP) is 5.76. The van der Waals surface area contributed by atoms with Crippen LogP contribution in [0.2, 0.25) is 0 Å². The van der Waals surface area contributed by atoms with Crippen LogP contribution in [-0.4, -0.2) is 29.7 Å². The Labute approximate surface area is 215 Å². The molecule has 0 bridgehead atoms. The van der Waals surface area contributed by atoms with Gasteiger partial charge in [0.15, 0.2) is 5.13 Å². The molecule has 0 radical (unpaired) electrons. The van der Waals surface area contributed by atoms with Crippen LogP contribution in [-0.2, 0) is 29.4 Å². The fraction of sp³-hybridized carbons (Fsp3) is 0.214. The molecule has 0 saturated heterocycles. The number of sulfonamides is 1. The van der Waals surface area contributed by atoms with Gasteiger partial charge in [0.25, 0.3) is 5.91 Å². The molecular weight excluding hydrogens is 490 g/mol. The maximum Gasteiger partial charge on any atom is 0.257 e. The third kappa shape index (κ3) is 4.84. The molecule has 5 rings (SSSR count). The van der Waals surface area contributed by atoms with Crippen LogP contribution in [0.15, 0.2) is 83.8 Å². The molecule has 0 aliphatic heterocycles. The lowest BCUT2D eigenvalue weighted by Gasteiger charge is -2.26. The van der Waals surface area contributed by atoms with Crippen molar-refractivity contribution >= 4 is 32.4 Å². The molecular formula is C28H27N3O3S2. The van der Waals surface area contributed by atoms with Crippen LogP contribution >= 0.6 is 11.3 Å². The zero-order valence-electron chi connectivity index (χ0n) is 20.1. The molecule has 1 aromatic heterocycles. The highest BCUT2D eigenvalue weighted by atomic mass is 32.2. The molecule has 0 spiro atoms. The Kier molecular flexibility index (Phi) is 6.75. The van der Waals surface area contributed by atoms with Crippen molar-refractivity contribution in [2.45, 2.75) is 44.2 Å². The standard InChI is InChI=1S/C28H27N3O3S2/c1-19(2)31(18-20-8-4-3-5-9-20)36(33,34)23-15-12-22(13-16-23)27(32)30-28-29-26-24-11-7-6-10-21(24)14-17-25(26)35-28/h3-13,15-16,19H,14,17-18H2,1-2H3,(H,29,30,32). The summed E-state index contributed by atoms with van der Waals surface area (Å²) in [6, 6.07) is 23.6. The molecule has 3 aromatic carbocycles. The summed E-state index contributed by atoms with van der Waals surface area (Å²) in [5, 5.41) is 3.44. The molecule has 8 heteroatoms. The predicted molar refractivity (Wildman–Crippen MR) is 144 cm³/mol. The third-order valence-electron chi connectivity index (χ3n) is 6.29. The molecule has 0 atom stereocenters. The van der Waals surface area contributed by atoms with E-state index in [2.05, 4.69) is 22.4 Å². The van der Waals surface area contributed by atoms with E-state index in [1.165, 1.54) is 33.3 Å². The van der Waals surface area contributed by atoms with E-state index in [9.17, 15) is 13.2 Å². The van der Waals surface area contributed by atoms with Gasteiger partial charge < -0.3 is 0 Å². The first-order valence-electron chi connectivity index (χ1n) is 11.9. The van der Waals surface area contributed by atoms with Crippen LogP contribution in [0.1, 0.15) is 40.2 Å². The highest BCUT2D eigenvalue weighted by molar-refractivity contribution is 7.89. The first-order chi connectivity index (χ1) is 17.3. The van der Waals surface area contributed by atoms with E-state index < -0.39 is 10.0 Å². The van der Waals surface area contributed by atoms with E-state index in [4.69, 9.17) is 0 Å². The lowest BCUT2D eigenvalue weighted by Crippen LogP contribution is -2.36. The first kappa shape index (κ1) is 24.4. The molecule has 1 aliphatic rings. The number of aromatic nitrogens is 1. The van der Waals surface area contributed by atoms with Crippen molar-refractivity contribution in [3.63, 3.8) is 0 Å². The summed E-state index contributed by atoms with van der Waals surface area (Å²) in [5.41, 5.74) is 4.62. The first-order valence-corrected chi connectivity index (χ1v) is 14.1. The van der Waals surface area contributed by atoms with E-state index >= 15 is 0 Å². The second kappa shape index (κ2) is 9.97. The van der Waals surface area contributed by atoms with Crippen LogP contribution in [0.4, 0.5) is 5.13 Å². The lowest BCUT2D eigenvalue weighted by molar-refractivity contribution is 0.102. The topological polar surface area (TPSA) is 79.4 Å². The van der Waals surface area contributed by atoms with Gasteiger partial charge in [-0.3, -0.25) is 10.1 Å². The van der Waals surface area contributed by atoms with E-state index in [0.29, 0.717) is 10.7 Å². The number of thiazole rings is 1. The van der Waals surface area contributed by atoms with Gasteiger partial charge in [0.2, 0.25) is 10.0 Å².